The first kappa shape index (κ1) is 18.4. The van der Waals surface area contributed by atoms with Gasteiger partial charge in [-0.15, -0.1) is 0 Å². The molecule has 0 aliphatic carbocycles. The van der Waals surface area contributed by atoms with Crippen molar-refractivity contribution < 1.29 is 24.1 Å². The lowest BCUT2D eigenvalue weighted by atomic mass is 10.1. The highest BCUT2D eigenvalue weighted by Gasteiger charge is 2.06. The maximum atomic E-state index is 10.6. The van der Waals surface area contributed by atoms with Gasteiger partial charge >= 0.3 is 5.97 Å². The number of aliphatic carboxylic acids is 1. The molecule has 0 amide bonds. The maximum Gasteiger partial charge on any atom is 0.328 e. The lowest BCUT2D eigenvalue weighted by molar-refractivity contribution is -0.131. The van der Waals surface area contributed by atoms with Crippen molar-refractivity contribution in [2.75, 3.05) is 20.3 Å². The lowest BCUT2D eigenvalue weighted by Crippen LogP contribution is -2.10. The summed E-state index contributed by atoms with van der Waals surface area (Å²) in [6.07, 6.45) is 2.57. The fraction of sp³-hybridized carbons (Fsp3) is 0.250. The molecule has 132 valence electrons. The minimum Gasteiger partial charge on any atom is -0.493 e. The summed E-state index contributed by atoms with van der Waals surface area (Å²) in [5.41, 5.74) is 3.03. The van der Waals surface area contributed by atoms with Crippen molar-refractivity contribution in [3.05, 3.63) is 59.2 Å². The molecule has 0 saturated heterocycles. The lowest BCUT2D eigenvalue weighted by Gasteiger charge is -2.13. The van der Waals surface area contributed by atoms with Gasteiger partial charge in [0.25, 0.3) is 0 Å². The van der Waals surface area contributed by atoms with Crippen molar-refractivity contribution in [3.63, 3.8) is 0 Å². The van der Waals surface area contributed by atoms with E-state index in [1.54, 1.807) is 25.3 Å². The summed E-state index contributed by atoms with van der Waals surface area (Å²) in [5, 5.41) is 8.67. The van der Waals surface area contributed by atoms with Crippen molar-refractivity contribution >= 4 is 12.0 Å². The third kappa shape index (κ3) is 5.28. The Kier molecular flexibility index (Phi) is 6.46. The summed E-state index contributed by atoms with van der Waals surface area (Å²) in [4.78, 5) is 10.6. The van der Waals surface area contributed by atoms with Gasteiger partial charge in [-0.3, -0.25) is 0 Å². The molecule has 0 atom stereocenters. The number of hydrogen-bond donors (Lipinski definition) is 1. The fourth-order valence-corrected chi connectivity index (χ4v) is 2.26. The number of ether oxygens (including phenoxy) is 3. The third-order valence-corrected chi connectivity index (χ3v) is 3.76. The molecule has 0 aliphatic rings. The summed E-state index contributed by atoms with van der Waals surface area (Å²) in [7, 11) is 1.54. The molecule has 0 radical (unpaired) electrons. The Morgan fingerprint density at radius 2 is 1.76 bits per heavy atom. The van der Waals surface area contributed by atoms with E-state index in [0.29, 0.717) is 24.7 Å². The first-order valence-corrected chi connectivity index (χ1v) is 7.92. The van der Waals surface area contributed by atoms with E-state index in [1.165, 1.54) is 11.6 Å². The Hall–Kier alpha value is -2.95. The van der Waals surface area contributed by atoms with Crippen LogP contribution in [0, 0.1) is 13.8 Å². The second-order valence-electron chi connectivity index (χ2n) is 5.48. The minimum absolute atomic E-state index is 0.369. The van der Waals surface area contributed by atoms with Gasteiger partial charge in [0, 0.05) is 6.08 Å². The minimum atomic E-state index is -0.997. The predicted molar refractivity (Wildman–Crippen MR) is 96.6 cm³/mol. The van der Waals surface area contributed by atoms with Gasteiger partial charge in [0.2, 0.25) is 0 Å². The summed E-state index contributed by atoms with van der Waals surface area (Å²) in [5.74, 6) is 0.978. The average molecular weight is 342 g/mol. The van der Waals surface area contributed by atoms with E-state index in [1.807, 2.05) is 32.0 Å². The topological polar surface area (TPSA) is 65.0 Å². The van der Waals surface area contributed by atoms with E-state index in [9.17, 15) is 4.79 Å². The molecule has 5 heteroatoms. The van der Waals surface area contributed by atoms with Crippen LogP contribution in [0.5, 0.6) is 17.2 Å². The summed E-state index contributed by atoms with van der Waals surface area (Å²) in [6.45, 7) is 4.85. The van der Waals surface area contributed by atoms with Crippen LogP contribution in [-0.2, 0) is 4.79 Å². The zero-order valence-corrected chi connectivity index (χ0v) is 14.6. The van der Waals surface area contributed by atoms with Crippen LogP contribution < -0.4 is 14.2 Å². The van der Waals surface area contributed by atoms with Crippen molar-refractivity contribution in [1.29, 1.82) is 0 Å². The molecule has 0 unspecified atom stereocenters. The molecule has 0 bridgehead atoms. The van der Waals surface area contributed by atoms with E-state index in [4.69, 9.17) is 19.3 Å². The number of carbonyl (C=O) groups is 1. The first-order valence-electron chi connectivity index (χ1n) is 7.92. The van der Waals surface area contributed by atoms with Crippen molar-refractivity contribution in [1.82, 2.24) is 0 Å². The molecule has 0 fully saturated rings. The number of carboxylic acids is 1. The molecular formula is C20H22O5. The molecule has 5 nitrogen and oxygen atoms in total. The Morgan fingerprint density at radius 1 is 1.04 bits per heavy atom. The van der Waals surface area contributed by atoms with E-state index < -0.39 is 5.97 Å². The standard InChI is InChI=1S/C20H22O5/c1-14-5-4-6-17(15(14)2)24-11-12-25-18-9-7-16(8-10-20(21)22)13-19(18)23-3/h4-10,13H,11-12H2,1-3H3,(H,21,22)/b10-8-. The highest BCUT2D eigenvalue weighted by molar-refractivity contribution is 5.85. The molecule has 0 heterocycles. The van der Waals surface area contributed by atoms with E-state index in [-0.39, 0.29) is 0 Å². The van der Waals surface area contributed by atoms with Crippen LogP contribution in [0.25, 0.3) is 6.08 Å². The maximum absolute atomic E-state index is 10.6. The smallest absolute Gasteiger partial charge is 0.328 e. The van der Waals surface area contributed by atoms with Crippen LogP contribution in [0.3, 0.4) is 0 Å². The highest BCUT2D eigenvalue weighted by Crippen LogP contribution is 2.28. The van der Waals surface area contributed by atoms with Crippen LogP contribution >= 0.6 is 0 Å². The second kappa shape index (κ2) is 8.78. The number of benzene rings is 2. The number of rotatable bonds is 8. The van der Waals surface area contributed by atoms with Crippen molar-refractivity contribution in [3.8, 4) is 17.2 Å². The number of carboxylic acid groups (broad SMARTS) is 1. The molecule has 0 aromatic heterocycles. The molecular weight excluding hydrogens is 320 g/mol. The average Bonchev–Trinajstić information content (AvgIpc) is 2.60. The Bertz CT molecular complexity index is 765. The van der Waals surface area contributed by atoms with E-state index in [0.717, 1.165) is 23.0 Å². The van der Waals surface area contributed by atoms with Gasteiger partial charge in [-0.1, -0.05) is 18.2 Å². The predicted octanol–water partition coefficient (Wildman–Crippen LogP) is 3.87. The number of methoxy groups -OCH3 is 1. The van der Waals surface area contributed by atoms with Crippen LogP contribution in [0.1, 0.15) is 16.7 Å². The zero-order valence-electron chi connectivity index (χ0n) is 14.6. The van der Waals surface area contributed by atoms with Crippen LogP contribution in [0.2, 0.25) is 0 Å². The van der Waals surface area contributed by atoms with Crippen LogP contribution in [0.15, 0.2) is 42.5 Å². The van der Waals surface area contributed by atoms with Gasteiger partial charge in [0.1, 0.15) is 19.0 Å². The van der Waals surface area contributed by atoms with Crippen LogP contribution in [0.4, 0.5) is 0 Å². The SMILES string of the molecule is COc1cc(/C=C\C(=O)O)ccc1OCCOc1cccc(C)c1C. The highest BCUT2D eigenvalue weighted by atomic mass is 16.5. The molecule has 0 aliphatic heterocycles. The third-order valence-electron chi connectivity index (χ3n) is 3.76. The van der Waals surface area contributed by atoms with Crippen LogP contribution in [-0.4, -0.2) is 31.4 Å². The monoisotopic (exact) mass is 342 g/mol. The zero-order chi connectivity index (χ0) is 18.2. The molecule has 2 aromatic carbocycles. The fourth-order valence-electron chi connectivity index (χ4n) is 2.26. The second-order valence-corrected chi connectivity index (χ2v) is 5.48. The molecule has 2 rings (SSSR count). The Balaban J connectivity index is 1.94. The number of aryl methyl sites for hydroxylation is 1. The van der Waals surface area contributed by atoms with E-state index >= 15 is 0 Å². The first-order chi connectivity index (χ1) is 12.0. The summed E-state index contributed by atoms with van der Waals surface area (Å²) >= 11 is 0. The Morgan fingerprint density at radius 3 is 2.44 bits per heavy atom. The van der Waals surface area contributed by atoms with Crippen molar-refractivity contribution in [2.45, 2.75) is 13.8 Å². The Labute approximate surface area is 147 Å². The van der Waals surface area contributed by atoms with Gasteiger partial charge < -0.3 is 19.3 Å². The van der Waals surface area contributed by atoms with Gasteiger partial charge in [-0.25, -0.2) is 4.79 Å². The largest absolute Gasteiger partial charge is 0.493 e. The summed E-state index contributed by atoms with van der Waals surface area (Å²) in [6, 6.07) is 11.2. The van der Waals surface area contributed by atoms with Gasteiger partial charge in [-0.2, -0.15) is 0 Å². The van der Waals surface area contributed by atoms with E-state index in [2.05, 4.69) is 0 Å². The van der Waals surface area contributed by atoms with Gasteiger partial charge in [0.15, 0.2) is 11.5 Å². The molecule has 25 heavy (non-hydrogen) atoms. The molecule has 2 aromatic rings. The molecule has 1 N–H and O–H groups in total. The quantitative estimate of drug-likeness (QED) is 0.583. The molecule has 0 saturated carbocycles. The van der Waals surface area contributed by atoms with Crippen molar-refractivity contribution in [2.24, 2.45) is 0 Å². The normalized spacial score (nSPS) is 10.7. The van der Waals surface area contributed by atoms with Gasteiger partial charge in [0.05, 0.1) is 7.11 Å². The number of hydrogen-bond acceptors (Lipinski definition) is 4. The molecule has 0 spiro atoms. The van der Waals surface area contributed by atoms with Gasteiger partial charge in [-0.05, 0) is 54.8 Å². The summed E-state index contributed by atoms with van der Waals surface area (Å²) < 4.78 is 16.8.